The first-order valence-corrected chi connectivity index (χ1v) is 5.85. The van der Waals surface area contributed by atoms with Crippen LogP contribution in [0.4, 0.5) is 8.78 Å². The Morgan fingerprint density at radius 2 is 2.00 bits per heavy atom. The first-order valence-electron chi connectivity index (χ1n) is 4.86. The number of hydrogen-bond acceptors (Lipinski definition) is 2. The summed E-state index contributed by atoms with van der Waals surface area (Å²) in [5.74, 6) is -2.00. The van der Waals surface area contributed by atoms with Gasteiger partial charge in [0.25, 0.3) is 5.92 Å². The maximum absolute atomic E-state index is 13.7. The van der Waals surface area contributed by atoms with Crippen molar-refractivity contribution in [2.75, 3.05) is 19.3 Å². The molecular weight excluding hydrogens is 216 g/mol. The molecule has 0 saturated heterocycles. The third kappa shape index (κ3) is 3.18. The highest BCUT2D eigenvalue weighted by atomic mass is 32.2. The number of likely N-dealkylation sites (N-methyl/N-ethyl adjacent to an activating group) is 1. The Hall–Kier alpha value is -0.610. The summed E-state index contributed by atoms with van der Waals surface area (Å²) in [4.78, 5) is 0.667. The summed E-state index contributed by atoms with van der Waals surface area (Å²) < 4.78 is 27.3. The number of rotatable bonds is 5. The van der Waals surface area contributed by atoms with Crippen molar-refractivity contribution < 1.29 is 8.78 Å². The van der Waals surface area contributed by atoms with E-state index in [9.17, 15) is 8.78 Å². The molecule has 0 fully saturated rings. The fraction of sp³-hybridized carbons (Fsp3) is 0.455. The van der Waals surface area contributed by atoms with Crippen LogP contribution in [0.3, 0.4) is 0 Å². The maximum atomic E-state index is 13.7. The van der Waals surface area contributed by atoms with Crippen LogP contribution in [0.5, 0.6) is 0 Å². The lowest BCUT2D eigenvalue weighted by Crippen LogP contribution is -2.28. The van der Waals surface area contributed by atoms with E-state index in [1.807, 2.05) is 6.92 Å². The summed E-state index contributed by atoms with van der Waals surface area (Å²) in [5.41, 5.74) is 0.117. The Bertz CT molecular complexity index is 315. The van der Waals surface area contributed by atoms with Crippen molar-refractivity contribution >= 4 is 11.8 Å². The van der Waals surface area contributed by atoms with E-state index < -0.39 is 5.92 Å². The molecule has 1 aromatic rings. The molecule has 0 amide bonds. The quantitative estimate of drug-likeness (QED) is 0.781. The normalized spacial score (nSPS) is 11.7. The van der Waals surface area contributed by atoms with Crippen molar-refractivity contribution in [2.45, 2.75) is 17.7 Å². The third-order valence-corrected chi connectivity index (χ3v) is 2.94. The summed E-state index contributed by atoms with van der Waals surface area (Å²) >= 11 is 1.45. The molecule has 0 aliphatic carbocycles. The van der Waals surface area contributed by atoms with Gasteiger partial charge in [-0.2, -0.15) is 8.78 Å². The molecule has 0 saturated carbocycles. The third-order valence-electron chi connectivity index (χ3n) is 1.98. The SMILES string of the molecule is CCSc1ccccc1C(F)(F)CNC. The van der Waals surface area contributed by atoms with Crippen molar-refractivity contribution in [2.24, 2.45) is 0 Å². The van der Waals surface area contributed by atoms with Gasteiger partial charge in [0.15, 0.2) is 0 Å². The lowest BCUT2D eigenvalue weighted by Gasteiger charge is -2.19. The smallest absolute Gasteiger partial charge is 0.286 e. The fourth-order valence-corrected chi connectivity index (χ4v) is 2.23. The largest absolute Gasteiger partial charge is 0.314 e. The summed E-state index contributed by atoms with van der Waals surface area (Å²) in [6, 6.07) is 6.68. The van der Waals surface area contributed by atoms with Gasteiger partial charge in [0.05, 0.1) is 6.54 Å². The first kappa shape index (κ1) is 12.5. The van der Waals surface area contributed by atoms with Gasteiger partial charge in [0.2, 0.25) is 0 Å². The zero-order valence-corrected chi connectivity index (χ0v) is 9.70. The number of thioether (sulfide) groups is 1. The molecule has 84 valence electrons. The number of benzene rings is 1. The van der Waals surface area contributed by atoms with Gasteiger partial charge in [0, 0.05) is 10.5 Å². The van der Waals surface area contributed by atoms with Gasteiger partial charge < -0.3 is 5.32 Å². The highest BCUT2D eigenvalue weighted by Gasteiger charge is 2.32. The lowest BCUT2D eigenvalue weighted by molar-refractivity contribution is -0.00392. The second-order valence-corrected chi connectivity index (χ2v) is 4.47. The number of halogens is 2. The van der Waals surface area contributed by atoms with Gasteiger partial charge in [-0.3, -0.25) is 0 Å². The Kier molecular flexibility index (Phi) is 4.54. The second-order valence-electron chi connectivity index (χ2n) is 3.16. The van der Waals surface area contributed by atoms with Gasteiger partial charge in [-0.15, -0.1) is 11.8 Å². The zero-order valence-electron chi connectivity index (χ0n) is 8.89. The van der Waals surface area contributed by atoms with Gasteiger partial charge in [-0.25, -0.2) is 0 Å². The van der Waals surface area contributed by atoms with Crippen LogP contribution in [0, 0.1) is 0 Å². The van der Waals surface area contributed by atoms with E-state index in [-0.39, 0.29) is 12.1 Å². The monoisotopic (exact) mass is 231 g/mol. The predicted molar refractivity (Wildman–Crippen MR) is 60.7 cm³/mol. The molecule has 0 unspecified atom stereocenters. The molecule has 1 aromatic carbocycles. The first-order chi connectivity index (χ1) is 7.11. The Balaban J connectivity index is 3.00. The molecule has 0 bridgehead atoms. The Morgan fingerprint density at radius 1 is 1.33 bits per heavy atom. The molecule has 0 radical (unpaired) electrons. The molecule has 0 aliphatic heterocycles. The van der Waals surface area contributed by atoms with E-state index in [2.05, 4.69) is 5.32 Å². The topological polar surface area (TPSA) is 12.0 Å². The van der Waals surface area contributed by atoms with E-state index in [0.29, 0.717) is 4.90 Å². The summed E-state index contributed by atoms with van der Waals surface area (Å²) in [7, 11) is 1.53. The average Bonchev–Trinajstić information content (AvgIpc) is 2.19. The predicted octanol–water partition coefficient (Wildman–Crippen LogP) is 3.11. The van der Waals surface area contributed by atoms with E-state index >= 15 is 0 Å². The lowest BCUT2D eigenvalue weighted by atomic mass is 10.1. The zero-order chi connectivity index (χ0) is 11.3. The van der Waals surface area contributed by atoms with Crippen LogP contribution in [-0.2, 0) is 5.92 Å². The van der Waals surface area contributed by atoms with E-state index in [4.69, 9.17) is 0 Å². The molecule has 4 heteroatoms. The summed E-state index contributed by atoms with van der Waals surface area (Å²) in [6.45, 7) is 1.63. The summed E-state index contributed by atoms with van der Waals surface area (Å²) in [5, 5.41) is 2.52. The Labute approximate surface area is 93.3 Å². The number of hydrogen-bond donors (Lipinski definition) is 1. The van der Waals surface area contributed by atoms with Crippen molar-refractivity contribution in [3.05, 3.63) is 29.8 Å². The minimum Gasteiger partial charge on any atom is -0.314 e. The second kappa shape index (κ2) is 5.47. The van der Waals surface area contributed by atoms with Crippen LogP contribution < -0.4 is 5.32 Å². The van der Waals surface area contributed by atoms with Crippen LogP contribution in [0.15, 0.2) is 29.2 Å². The highest BCUT2D eigenvalue weighted by molar-refractivity contribution is 7.99. The maximum Gasteiger partial charge on any atom is 0.286 e. The molecule has 0 aliphatic rings. The van der Waals surface area contributed by atoms with Crippen molar-refractivity contribution in [3.8, 4) is 0 Å². The highest BCUT2D eigenvalue weighted by Crippen LogP contribution is 2.34. The van der Waals surface area contributed by atoms with E-state index in [0.717, 1.165) is 5.75 Å². The van der Waals surface area contributed by atoms with Crippen molar-refractivity contribution in [1.29, 1.82) is 0 Å². The van der Waals surface area contributed by atoms with Gasteiger partial charge in [-0.05, 0) is 18.9 Å². The van der Waals surface area contributed by atoms with E-state index in [1.54, 1.807) is 18.2 Å². The Morgan fingerprint density at radius 3 is 2.60 bits per heavy atom. The van der Waals surface area contributed by atoms with Crippen molar-refractivity contribution in [3.63, 3.8) is 0 Å². The van der Waals surface area contributed by atoms with Crippen LogP contribution in [0.25, 0.3) is 0 Å². The molecule has 1 rings (SSSR count). The average molecular weight is 231 g/mol. The molecule has 15 heavy (non-hydrogen) atoms. The molecule has 1 nitrogen and oxygen atoms in total. The van der Waals surface area contributed by atoms with Gasteiger partial charge >= 0.3 is 0 Å². The van der Waals surface area contributed by atoms with E-state index in [1.165, 1.54) is 24.9 Å². The molecule has 0 aromatic heterocycles. The fourth-order valence-electron chi connectivity index (χ4n) is 1.37. The minimum absolute atomic E-state index is 0.117. The van der Waals surface area contributed by atoms with Gasteiger partial charge in [0.1, 0.15) is 0 Å². The molecule has 1 N–H and O–H groups in total. The minimum atomic E-state index is -2.80. The molecule has 0 atom stereocenters. The van der Waals surface area contributed by atoms with Crippen molar-refractivity contribution in [1.82, 2.24) is 5.32 Å². The molecular formula is C11H15F2NS. The standard InChI is InChI=1S/C11H15F2NS/c1-3-15-10-7-5-4-6-9(10)11(12,13)8-14-2/h4-7,14H,3,8H2,1-2H3. The van der Waals surface area contributed by atoms with Crippen LogP contribution in [0.1, 0.15) is 12.5 Å². The number of nitrogens with one attached hydrogen (secondary N) is 1. The molecule has 0 heterocycles. The van der Waals surface area contributed by atoms with Crippen LogP contribution in [-0.4, -0.2) is 19.3 Å². The van der Waals surface area contributed by atoms with Gasteiger partial charge in [-0.1, -0.05) is 25.1 Å². The van der Waals surface area contributed by atoms with Crippen LogP contribution in [0.2, 0.25) is 0 Å². The van der Waals surface area contributed by atoms with Crippen LogP contribution >= 0.6 is 11.8 Å². The summed E-state index contributed by atoms with van der Waals surface area (Å²) in [6.07, 6.45) is 0. The molecule has 0 spiro atoms. The number of alkyl halides is 2.